The smallest absolute Gasteiger partial charge is 0.331 e. The second kappa shape index (κ2) is 8.84. The average Bonchev–Trinajstić information content (AvgIpc) is 3.22. The molecule has 1 saturated heterocycles. The minimum Gasteiger partial charge on any atom is -0.452 e. The van der Waals surface area contributed by atoms with E-state index in [1.54, 1.807) is 11.6 Å². The van der Waals surface area contributed by atoms with E-state index in [4.69, 9.17) is 16.3 Å². The third-order valence-electron chi connectivity index (χ3n) is 4.38. The van der Waals surface area contributed by atoms with Crippen molar-refractivity contribution >= 4 is 35.5 Å². The van der Waals surface area contributed by atoms with Crippen LogP contribution in [0.4, 0.5) is 0 Å². The van der Waals surface area contributed by atoms with Crippen LogP contribution in [-0.2, 0) is 25.7 Å². The highest BCUT2D eigenvalue weighted by Gasteiger charge is 2.26. The molecule has 0 bridgehead atoms. The zero-order valence-corrected chi connectivity index (χ0v) is 16.2. The lowest BCUT2D eigenvalue weighted by Crippen LogP contribution is -2.35. The van der Waals surface area contributed by atoms with E-state index in [2.05, 4.69) is 5.10 Å². The van der Waals surface area contributed by atoms with E-state index in [9.17, 15) is 14.4 Å². The van der Waals surface area contributed by atoms with E-state index in [0.29, 0.717) is 42.3 Å². The SMILES string of the molecule is Cc1nn(Cc2ccccc2)c(Cl)c1/C=C/C(=O)OCC(=O)N1CCCC1=O. The molecule has 0 radical (unpaired) electrons. The molecule has 0 spiro atoms. The summed E-state index contributed by atoms with van der Waals surface area (Å²) >= 11 is 6.39. The number of esters is 1. The predicted molar refractivity (Wildman–Crippen MR) is 103 cm³/mol. The number of hydrogen-bond acceptors (Lipinski definition) is 5. The zero-order chi connectivity index (χ0) is 20.1. The topological polar surface area (TPSA) is 81.5 Å². The van der Waals surface area contributed by atoms with Crippen LogP contribution in [0.5, 0.6) is 0 Å². The Bertz CT molecular complexity index is 921. The van der Waals surface area contributed by atoms with Gasteiger partial charge in [-0.2, -0.15) is 5.10 Å². The predicted octanol–water partition coefficient (Wildman–Crippen LogP) is 2.60. The van der Waals surface area contributed by atoms with Crippen molar-refractivity contribution in [2.24, 2.45) is 0 Å². The van der Waals surface area contributed by atoms with Crippen LogP contribution in [-0.4, -0.2) is 45.6 Å². The number of ether oxygens (including phenoxy) is 1. The van der Waals surface area contributed by atoms with Crippen LogP contribution in [0.3, 0.4) is 0 Å². The summed E-state index contributed by atoms with van der Waals surface area (Å²) in [5.74, 6) is -1.43. The number of hydrogen-bond donors (Lipinski definition) is 0. The van der Waals surface area contributed by atoms with Gasteiger partial charge in [-0.15, -0.1) is 0 Å². The minimum absolute atomic E-state index is 0.232. The van der Waals surface area contributed by atoms with Gasteiger partial charge in [-0.05, 0) is 25.0 Å². The Kier molecular flexibility index (Phi) is 6.26. The Balaban J connectivity index is 1.59. The Hall–Kier alpha value is -2.93. The van der Waals surface area contributed by atoms with Crippen LogP contribution in [0.25, 0.3) is 6.08 Å². The summed E-state index contributed by atoms with van der Waals surface area (Å²) < 4.78 is 6.58. The molecule has 0 N–H and O–H groups in total. The Morgan fingerprint density at radius 3 is 2.71 bits per heavy atom. The summed E-state index contributed by atoms with van der Waals surface area (Å²) in [4.78, 5) is 36.4. The maximum atomic E-state index is 11.9. The fourth-order valence-electron chi connectivity index (χ4n) is 2.94. The fraction of sp³-hybridized carbons (Fsp3) is 0.300. The van der Waals surface area contributed by atoms with Crippen molar-refractivity contribution in [3.63, 3.8) is 0 Å². The number of aromatic nitrogens is 2. The van der Waals surface area contributed by atoms with Gasteiger partial charge in [0.2, 0.25) is 5.91 Å². The number of likely N-dealkylation sites (tertiary alicyclic amines) is 1. The van der Waals surface area contributed by atoms with Crippen LogP contribution < -0.4 is 0 Å². The van der Waals surface area contributed by atoms with Crippen LogP contribution in [0.1, 0.15) is 29.7 Å². The summed E-state index contributed by atoms with van der Waals surface area (Å²) in [6, 6.07) is 9.76. The second-order valence-corrected chi connectivity index (χ2v) is 6.77. The number of carbonyl (C=O) groups excluding carboxylic acids is 3. The zero-order valence-electron chi connectivity index (χ0n) is 15.4. The monoisotopic (exact) mass is 401 g/mol. The standard InChI is InChI=1S/C20H20ClN3O4/c1-14-16(20(21)24(22-14)12-15-6-3-2-4-7-15)9-10-19(27)28-13-18(26)23-11-5-8-17(23)25/h2-4,6-7,9-10H,5,8,11-13H2,1H3/b10-9+. The lowest BCUT2D eigenvalue weighted by Gasteiger charge is -2.12. The number of amides is 2. The van der Waals surface area contributed by atoms with Gasteiger partial charge in [0.1, 0.15) is 5.15 Å². The quantitative estimate of drug-likeness (QED) is 0.549. The molecule has 2 aromatic rings. The van der Waals surface area contributed by atoms with Crippen molar-refractivity contribution in [1.29, 1.82) is 0 Å². The molecule has 7 nitrogen and oxygen atoms in total. The number of aryl methyl sites for hydroxylation is 1. The number of imide groups is 1. The maximum Gasteiger partial charge on any atom is 0.331 e. The van der Waals surface area contributed by atoms with Crippen LogP contribution >= 0.6 is 11.6 Å². The molecule has 1 fully saturated rings. The maximum absolute atomic E-state index is 11.9. The third-order valence-corrected chi connectivity index (χ3v) is 4.78. The Morgan fingerprint density at radius 1 is 1.29 bits per heavy atom. The number of halogens is 1. The first-order valence-electron chi connectivity index (χ1n) is 8.90. The molecule has 1 aromatic carbocycles. The van der Waals surface area contributed by atoms with E-state index in [1.807, 2.05) is 30.3 Å². The highest BCUT2D eigenvalue weighted by atomic mass is 35.5. The number of rotatable bonds is 6. The summed E-state index contributed by atoms with van der Waals surface area (Å²) in [6.45, 7) is 2.22. The van der Waals surface area contributed by atoms with E-state index in [0.717, 1.165) is 10.5 Å². The van der Waals surface area contributed by atoms with Gasteiger partial charge in [0.15, 0.2) is 6.61 Å². The molecule has 3 rings (SSSR count). The molecular weight excluding hydrogens is 382 g/mol. The molecule has 0 unspecified atom stereocenters. The molecule has 2 amide bonds. The molecule has 2 heterocycles. The van der Waals surface area contributed by atoms with E-state index >= 15 is 0 Å². The highest BCUT2D eigenvalue weighted by Crippen LogP contribution is 2.22. The normalized spacial score (nSPS) is 14.1. The Morgan fingerprint density at radius 2 is 2.04 bits per heavy atom. The van der Waals surface area contributed by atoms with E-state index < -0.39 is 18.5 Å². The van der Waals surface area contributed by atoms with Crippen molar-refractivity contribution < 1.29 is 19.1 Å². The van der Waals surface area contributed by atoms with Crippen LogP contribution in [0.2, 0.25) is 5.15 Å². The van der Waals surface area contributed by atoms with Crippen molar-refractivity contribution in [2.75, 3.05) is 13.2 Å². The first-order valence-corrected chi connectivity index (χ1v) is 9.28. The minimum atomic E-state index is -0.689. The van der Waals surface area contributed by atoms with Crippen molar-refractivity contribution in [3.8, 4) is 0 Å². The largest absolute Gasteiger partial charge is 0.452 e. The van der Waals surface area contributed by atoms with Crippen molar-refractivity contribution in [2.45, 2.75) is 26.3 Å². The second-order valence-electron chi connectivity index (χ2n) is 6.42. The lowest BCUT2D eigenvalue weighted by molar-refractivity contribution is -0.151. The molecule has 0 aliphatic carbocycles. The molecular formula is C20H20ClN3O4. The summed E-state index contributed by atoms with van der Waals surface area (Å²) in [7, 11) is 0. The molecule has 8 heteroatoms. The molecule has 0 atom stereocenters. The lowest BCUT2D eigenvalue weighted by atomic mass is 10.2. The summed E-state index contributed by atoms with van der Waals surface area (Å²) in [6.07, 6.45) is 3.70. The van der Waals surface area contributed by atoms with Crippen molar-refractivity contribution in [3.05, 3.63) is 58.4 Å². The first-order chi connectivity index (χ1) is 13.5. The van der Waals surface area contributed by atoms with Gasteiger partial charge in [-0.3, -0.25) is 14.5 Å². The molecule has 1 aliphatic rings. The number of nitrogens with zero attached hydrogens (tertiary/aromatic N) is 3. The molecule has 0 saturated carbocycles. The molecule has 1 aromatic heterocycles. The van der Waals surface area contributed by atoms with Gasteiger partial charge >= 0.3 is 5.97 Å². The molecule has 28 heavy (non-hydrogen) atoms. The van der Waals surface area contributed by atoms with E-state index in [1.165, 1.54) is 12.2 Å². The number of benzene rings is 1. The Labute approximate surface area is 167 Å². The van der Waals surface area contributed by atoms with E-state index in [-0.39, 0.29) is 5.91 Å². The summed E-state index contributed by atoms with van der Waals surface area (Å²) in [5, 5.41) is 4.81. The average molecular weight is 402 g/mol. The van der Waals surface area contributed by atoms with Crippen molar-refractivity contribution in [1.82, 2.24) is 14.7 Å². The molecule has 1 aliphatic heterocycles. The van der Waals surface area contributed by atoms with Crippen LogP contribution in [0.15, 0.2) is 36.4 Å². The van der Waals surface area contributed by atoms with Gasteiger partial charge in [0.05, 0.1) is 12.2 Å². The summed E-state index contributed by atoms with van der Waals surface area (Å²) in [5.41, 5.74) is 2.33. The van der Waals surface area contributed by atoms with Crippen LogP contribution in [0, 0.1) is 6.92 Å². The highest BCUT2D eigenvalue weighted by molar-refractivity contribution is 6.31. The molecule has 146 valence electrons. The first kappa shape index (κ1) is 19.8. The van der Waals surface area contributed by atoms with Gasteiger partial charge in [-0.1, -0.05) is 41.9 Å². The fourth-order valence-corrected chi connectivity index (χ4v) is 3.24. The number of carbonyl (C=O) groups is 3. The van der Waals surface area contributed by atoms with Gasteiger partial charge < -0.3 is 4.74 Å². The van der Waals surface area contributed by atoms with Gasteiger partial charge in [0.25, 0.3) is 5.91 Å². The van der Waals surface area contributed by atoms with Gasteiger partial charge in [-0.25, -0.2) is 9.48 Å². The third kappa shape index (κ3) is 4.67. The van der Waals surface area contributed by atoms with Gasteiger partial charge in [0, 0.05) is 24.6 Å².